The number of carbonyl (C=O) groups is 3. The van der Waals surface area contributed by atoms with Crippen LogP contribution in [-0.4, -0.2) is 41.2 Å². The van der Waals surface area contributed by atoms with E-state index >= 15 is 0 Å². The molecule has 1 aliphatic carbocycles. The molecule has 33 heavy (non-hydrogen) atoms. The molecular formula is C25H23N3O5. The molecule has 0 saturated carbocycles. The molecule has 168 valence electrons. The van der Waals surface area contributed by atoms with Crippen LogP contribution in [-0.2, 0) is 9.53 Å². The van der Waals surface area contributed by atoms with Crippen molar-refractivity contribution < 1.29 is 24.2 Å². The van der Waals surface area contributed by atoms with Crippen LogP contribution in [0.5, 0.6) is 0 Å². The average Bonchev–Trinajstić information content (AvgIpc) is 3.14. The molecule has 4 rings (SSSR count). The standard InChI is InChI=1S/C25H23N3O5/c29-23(28-16-11-12-22(24(30)31)27-14-16)10-5-13-26-25(32)33-15-21-19-8-3-1-6-17(19)18-7-2-4-9-20(18)21/h1-4,6-9,11-12,14,21H,5,10,13,15H2,(H,26,32)(H,28,29)(H,30,31). The summed E-state index contributed by atoms with van der Waals surface area (Å²) in [5, 5.41) is 14.2. The second-order valence-electron chi connectivity index (χ2n) is 7.64. The molecule has 3 N–H and O–H groups in total. The number of anilines is 1. The van der Waals surface area contributed by atoms with Crippen molar-refractivity contribution in [3.05, 3.63) is 83.7 Å². The normalized spacial score (nSPS) is 11.9. The number of carboxylic acids is 1. The molecular weight excluding hydrogens is 422 g/mol. The van der Waals surface area contributed by atoms with E-state index in [-0.39, 0.29) is 30.5 Å². The first-order valence-corrected chi connectivity index (χ1v) is 10.6. The van der Waals surface area contributed by atoms with E-state index < -0.39 is 12.1 Å². The number of amides is 2. The van der Waals surface area contributed by atoms with Crippen molar-refractivity contribution in [3.8, 4) is 11.1 Å². The lowest BCUT2D eigenvalue weighted by atomic mass is 9.98. The van der Waals surface area contributed by atoms with Crippen LogP contribution in [0.3, 0.4) is 0 Å². The van der Waals surface area contributed by atoms with Crippen molar-refractivity contribution in [1.29, 1.82) is 0 Å². The average molecular weight is 445 g/mol. The third-order valence-electron chi connectivity index (χ3n) is 5.46. The van der Waals surface area contributed by atoms with E-state index in [4.69, 9.17) is 9.84 Å². The van der Waals surface area contributed by atoms with E-state index in [1.165, 1.54) is 29.5 Å². The van der Waals surface area contributed by atoms with E-state index in [0.29, 0.717) is 18.7 Å². The summed E-state index contributed by atoms with van der Waals surface area (Å²) in [5.74, 6) is -1.39. The molecule has 0 spiro atoms. The molecule has 0 radical (unpaired) electrons. The summed E-state index contributed by atoms with van der Waals surface area (Å²) in [6, 6.07) is 19.0. The summed E-state index contributed by atoms with van der Waals surface area (Å²) in [4.78, 5) is 38.7. The minimum atomic E-state index is -1.13. The number of carbonyl (C=O) groups excluding carboxylic acids is 2. The van der Waals surface area contributed by atoms with Gasteiger partial charge in [-0.1, -0.05) is 48.5 Å². The number of nitrogens with zero attached hydrogens (tertiary/aromatic N) is 1. The smallest absolute Gasteiger partial charge is 0.407 e. The lowest BCUT2D eigenvalue weighted by Crippen LogP contribution is -2.27. The Hall–Kier alpha value is -4.20. The van der Waals surface area contributed by atoms with Gasteiger partial charge in [-0.2, -0.15) is 0 Å². The number of carboxylic acid groups (broad SMARTS) is 1. The highest BCUT2D eigenvalue weighted by atomic mass is 16.5. The maximum Gasteiger partial charge on any atom is 0.407 e. The fourth-order valence-electron chi connectivity index (χ4n) is 3.91. The summed E-state index contributed by atoms with van der Waals surface area (Å²) < 4.78 is 5.47. The number of alkyl carbamates (subject to hydrolysis) is 1. The summed E-state index contributed by atoms with van der Waals surface area (Å²) in [5.41, 5.74) is 4.94. The molecule has 1 heterocycles. The minimum absolute atomic E-state index is 0.00458. The summed E-state index contributed by atoms with van der Waals surface area (Å²) >= 11 is 0. The van der Waals surface area contributed by atoms with E-state index in [1.807, 2.05) is 24.3 Å². The first-order valence-electron chi connectivity index (χ1n) is 10.6. The second kappa shape index (κ2) is 9.95. The number of nitrogens with one attached hydrogen (secondary N) is 2. The number of ether oxygens (including phenoxy) is 1. The maximum atomic E-state index is 12.2. The summed E-state index contributed by atoms with van der Waals surface area (Å²) in [7, 11) is 0. The Morgan fingerprint density at radius 1 is 0.939 bits per heavy atom. The highest BCUT2D eigenvalue weighted by Gasteiger charge is 2.28. The van der Waals surface area contributed by atoms with Crippen LogP contribution in [0.15, 0.2) is 66.9 Å². The molecule has 8 heteroatoms. The lowest BCUT2D eigenvalue weighted by Gasteiger charge is -2.14. The Morgan fingerprint density at radius 3 is 2.21 bits per heavy atom. The van der Waals surface area contributed by atoms with Crippen LogP contribution in [0.25, 0.3) is 11.1 Å². The molecule has 0 saturated heterocycles. The van der Waals surface area contributed by atoms with Crippen LogP contribution in [0.1, 0.15) is 40.4 Å². The van der Waals surface area contributed by atoms with Crippen molar-refractivity contribution in [2.24, 2.45) is 0 Å². The Labute approximate surface area is 190 Å². The van der Waals surface area contributed by atoms with Gasteiger partial charge in [0.15, 0.2) is 0 Å². The van der Waals surface area contributed by atoms with Gasteiger partial charge in [0.1, 0.15) is 12.3 Å². The highest BCUT2D eigenvalue weighted by molar-refractivity contribution is 5.91. The molecule has 0 aliphatic heterocycles. The molecule has 8 nitrogen and oxygen atoms in total. The van der Waals surface area contributed by atoms with Gasteiger partial charge in [-0.05, 0) is 40.8 Å². The highest BCUT2D eigenvalue weighted by Crippen LogP contribution is 2.44. The van der Waals surface area contributed by atoms with Crippen molar-refractivity contribution in [2.75, 3.05) is 18.5 Å². The van der Waals surface area contributed by atoms with Crippen molar-refractivity contribution in [3.63, 3.8) is 0 Å². The second-order valence-corrected chi connectivity index (χ2v) is 7.64. The third-order valence-corrected chi connectivity index (χ3v) is 5.46. The molecule has 2 aromatic carbocycles. The zero-order valence-corrected chi connectivity index (χ0v) is 17.8. The van der Waals surface area contributed by atoms with Gasteiger partial charge in [0.25, 0.3) is 0 Å². The largest absolute Gasteiger partial charge is 0.477 e. The number of aromatic nitrogens is 1. The first-order chi connectivity index (χ1) is 16.0. The van der Waals surface area contributed by atoms with E-state index in [0.717, 1.165) is 11.1 Å². The molecule has 1 aliphatic rings. The predicted octanol–water partition coefficient (Wildman–Crippen LogP) is 4.04. The van der Waals surface area contributed by atoms with Gasteiger partial charge >= 0.3 is 12.1 Å². The Bertz CT molecular complexity index is 1130. The number of benzene rings is 2. The maximum absolute atomic E-state index is 12.2. The number of hydrogen-bond acceptors (Lipinski definition) is 5. The topological polar surface area (TPSA) is 118 Å². The molecule has 1 aromatic heterocycles. The molecule has 0 atom stereocenters. The van der Waals surface area contributed by atoms with E-state index in [1.54, 1.807) is 0 Å². The van der Waals surface area contributed by atoms with Gasteiger partial charge < -0.3 is 20.5 Å². The van der Waals surface area contributed by atoms with Gasteiger partial charge in [0, 0.05) is 18.9 Å². The van der Waals surface area contributed by atoms with E-state index in [2.05, 4.69) is 39.9 Å². The number of aromatic carboxylic acids is 1. The van der Waals surface area contributed by atoms with Crippen LogP contribution in [0, 0.1) is 0 Å². The van der Waals surface area contributed by atoms with Crippen molar-refractivity contribution in [2.45, 2.75) is 18.8 Å². The Balaban J connectivity index is 1.20. The lowest BCUT2D eigenvalue weighted by molar-refractivity contribution is -0.116. The fraction of sp³-hybridized carbons (Fsp3) is 0.200. The van der Waals surface area contributed by atoms with Gasteiger partial charge in [-0.3, -0.25) is 4.79 Å². The SMILES string of the molecule is O=C(CCCNC(=O)OCC1c2ccccc2-c2ccccc21)Nc1ccc(C(=O)O)nc1. The zero-order chi connectivity index (χ0) is 23.2. The first kappa shape index (κ1) is 22.0. The quantitative estimate of drug-likeness (QED) is 0.451. The Kier molecular flexibility index (Phi) is 6.64. The monoisotopic (exact) mass is 445 g/mol. The number of hydrogen-bond donors (Lipinski definition) is 3. The van der Waals surface area contributed by atoms with Crippen LogP contribution in [0.4, 0.5) is 10.5 Å². The van der Waals surface area contributed by atoms with Gasteiger partial charge in [0.2, 0.25) is 5.91 Å². The zero-order valence-electron chi connectivity index (χ0n) is 17.8. The predicted molar refractivity (Wildman–Crippen MR) is 122 cm³/mol. The third kappa shape index (κ3) is 5.17. The number of fused-ring (bicyclic) bond motifs is 3. The van der Waals surface area contributed by atoms with Gasteiger partial charge in [-0.15, -0.1) is 0 Å². The Morgan fingerprint density at radius 2 is 1.61 bits per heavy atom. The van der Waals surface area contributed by atoms with Gasteiger partial charge in [0.05, 0.1) is 11.9 Å². The molecule has 0 unspecified atom stereocenters. The fourth-order valence-corrected chi connectivity index (χ4v) is 3.91. The summed E-state index contributed by atoms with van der Waals surface area (Å²) in [6.45, 7) is 0.528. The van der Waals surface area contributed by atoms with Crippen LogP contribution in [0.2, 0.25) is 0 Å². The van der Waals surface area contributed by atoms with Crippen LogP contribution < -0.4 is 10.6 Å². The van der Waals surface area contributed by atoms with Crippen molar-refractivity contribution in [1.82, 2.24) is 10.3 Å². The van der Waals surface area contributed by atoms with Crippen molar-refractivity contribution >= 4 is 23.7 Å². The molecule has 2 amide bonds. The molecule has 0 fully saturated rings. The molecule has 3 aromatic rings. The number of pyridine rings is 1. The number of rotatable bonds is 8. The minimum Gasteiger partial charge on any atom is -0.477 e. The summed E-state index contributed by atoms with van der Waals surface area (Å²) in [6.07, 6.45) is 1.38. The van der Waals surface area contributed by atoms with E-state index in [9.17, 15) is 14.4 Å². The van der Waals surface area contributed by atoms with Gasteiger partial charge in [-0.25, -0.2) is 14.6 Å². The molecule has 0 bridgehead atoms. The van der Waals surface area contributed by atoms with Crippen LogP contribution >= 0.6 is 0 Å².